The van der Waals surface area contributed by atoms with Crippen molar-refractivity contribution < 1.29 is 0 Å². The lowest BCUT2D eigenvalue weighted by Gasteiger charge is -1.85. The van der Waals surface area contributed by atoms with E-state index in [4.69, 9.17) is 0 Å². The van der Waals surface area contributed by atoms with Crippen LogP contribution in [0.15, 0.2) is 30.3 Å². The SMILES string of the molecule is CCCCCBr.Cc1ccccc1. The van der Waals surface area contributed by atoms with E-state index < -0.39 is 0 Å². The summed E-state index contributed by atoms with van der Waals surface area (Å²) in [4.78, 5) is 0. The largest absolute Gasteiger partial charge is 0.0928 e. The van der Waals surface area contributed by atoms with Gasteiger partial charge in [0.2, 0.25) is 0 Å². The maximum absolute atomic E-state index is 3.35. The minimum Gasteiger partial charge on any atom is -0.0928 e. The molecule has 0 N–H and O–H groups in total. The van der Waals surface area contributed by atoms with Gasteiger partial charge >= 0.3 is 0 Å². The van der Waals surface area contributed by atoms with Crippen molar-refractivity contribution in [2.24, 2.45) is 0 Å². The molecule has 74 valence electrons. The summed E-state index contributed by atoms with van der Waals surface area (Å²) in [7, 11) is 0. The van der Waals surface area contributed by atoms with Crippen LogP contribution in [-0.4, -0.2) is 5.33 Å². The van der Waals surface area contributed by atoms with Crippen molar-refractivity contribution >= 4 is 15.9 Å². The predicted molar refractivity (Wildman–Crippen MR) is 64.5 cm³/mol. The maximum Gasteiger partial charge on any atom is 0.00313 e. The highest BCUT2D eigenvalue weighted by molar-refractivity contribution is 9.09. The van der Waals surface area contributed by atoms with Crippen molar-refractivity contribution in [3.05, 3.63) is 35.9 Å². The van der Waals surface area contributed by atoms with Gasteiger partial charge in [-0.1, -0.05) is 71.6 Å². The smallest absolute Gasteiger partial charge is 0.00313 e. The first-order chi connectivity index (χ1) is 6.31. The molecule has 0 saturated carbocycles. The third-order valence-electron chi connectivity index (χ3n) is 1.68. The van der Waals surface area contributed by atoms with Crippen molar-refractivity contribution in [3.63, 3.8) is 0 Å². The normalized spacial score (nSPS) is 8.85. The number of rotatable bonds is 3. The predicted octanol–water partition coefficient (Wildman–Crippen LogP) is 4.57. The highest BCUT2D eigenvalue weighted by atomic mass is 79.9. The van der Waals surface area contributed by atoms with Crippen LogP contribution in [0.5, 0.6) is 0 Å². The number of benzene rings is 1. The molecule has 0 aromatic heterocycles. The molecule has 1 aromatic rings. The van der Waals surface area contributed by atoms with Gasteiger partial charge in [-0.15, -0.1) is 0 Å². The Labute approximate surface area is 90.5 Å². The standard InChI is InChI=1S/C7H8.C5H11Br/c1-7-5-3-2-4-6-7;1-2-3-4-5-6/h2-6H,1H3;2-5H2,1H3. The molecule has 0 fully saturated rings. The third kappa shape index (κ3) is 9.62. The summed E-state index contributed by atoms with van der Waals surface area (Å²) in [6, 6.07) is 10.3. The second-order valence-corrected chi connectivity index (χ2v) is 3.84. The molecule has 0 spiro atoms. The summed E-state index contributed by atoms with van der Waals surface area (Å²) in [5.41, 5.74) is 1.32. The molecular formula is C12H19Br. The van der Waals surface area contributed by atoms with E-state index in [2.05, 4.69) is 41.9 Å². The molecule has 0 unspecified atom stereocenters. The van der Waals surface area contributed by atoms with E-state index in [9.17, 15) is 0 Å². The fourth-order valence-corrected chi connectivity index (χ4v) is 1.28. The summed E-state index contributed by atoms with van der Waals surface area (Å²) in [6.07, 6.45) is 4.02. The van der Waals surface area contributed by atoms with Crippen LogP contribution < -0.4 is 0 Å². The van der Waals surface area contributed by atoms with Crippen LogP contribution in [0.3, 0.4) is 0 Å². The number of hydrogen-bond donors (Lipinski definition) is 0. The van der Waals surface area contributed by atoms with E-state index >= 15 is 0 Å². The van der Waals surface area contributed by atoms with Gasteiger partial charge in [0.05, 0.1) is 0 Å². The van der Waals surface area contributed by atoms with E-state index in [0.29, 0.717) is 0 Å². The van der Waals surface area contributed by atoms with Crippen LogP contribution in [0.4, 0.5) is 0 Å². The van der Waals surface area contributed by atoms with Gasteiger partial charge < -0.3 is 0 Å². The Hall–Kier alpha value is -0.300. The van der Waals surface area contributed by atoms with Gasteiger partial charge in [-0.05, 0) is 13.3 Å². The Kier molecular flexibility index (Phi) is 9.56. The number of unbranched alkanes of at least 4 members (excludes halogenated alkanes) is 2. The zero-order valence-electron chi connectivity index (χ0n) is 8.59. The summed E-state index contributed by atoms with van der Waals surface area (Å²) in [5.74, 6) is 0. The van der Waals surface area contributed by atoms with E-state index in [-0.39, 0.29) is 0 Å². The highest BCUT2D eigenvalue weighted by Gasteiger charge is 1.76. The summed E-state index contributed by atoms with van der Waals surface area (Å²) < 4.78 is 0. The van der Waals surface area contributed by atoms with Crippen molar-refractivity contribution in [1.29, 1.82) is 0 Å². The molecule has 1 aromatic carbocycles. The molecule has 0 bridgehead atoms. The summed E-state index contributed by atoms with van der Waals surface area (Å²) in [5, 5.41) is 1.17. The second kappa shape index (κ2) is 9.79. The molecule has 0 nitrogen and oxygen atoms in total. The molecule has 0 amide bonds. The molecule has 0 aliphatic heterocycles. The van der Waals surface area contributed by atoms with E-state index in [1.54, 1.807) is 0 Å². The fraction of sp³-hybridized carbons (Fsp3) is 0.500. The number of hydrogen-bond acceptors (Lipinski definition) is 0. The van der Waals surface area contributed by atoms with Gasteiger partial charge in [-0.2, -0.15) is 0 Å². The third-order valence-corrected chi connectivity index (χ3v) is 2.24. The lowest BCUT2D eigenvalue weighted by molar-refractivity contribution is 0.781. The van der Waals surface area contributed by atoms with Crippen LogP contribution in [0.1, 0.15) is 31.7 Å². The van der Waals surface area contributed by atoms with Gasteiger partial charge in [0.15, 0.2) is 0 Å². The molecule has 1 rings (SSSR count). The Bertz CT molecular complexity index is 178. The zero-order valence-corrected chi connectivity index (χ0v) is 10.2. The van der Waals surface area contributed by atoms with Crippen LogP contribution in [0.25, 0.3) is 0 Å². The minimum atomic E-state index is 1.17. The lowest BCUT2D eigenvalue weighted by Crippen LogP contribution is -1.70. The van der Waals surface area contributed by atoms with Gasteiger partial charge in [0.25, 0.3) is 0 Å². The lowest BCUT2D eigenvalue weighted by atomic mass is 10.2. The molecule has 1 heteroatoms. The fourth-order valence-electron chi connectivity index (χ4n) is 0.879. The highest BCUT2D eigenvalue weighted by Crippen LogP contribution is 1.95. The first-order valence-corrected chi connectivity index (χ1v) is 6.01. The molecule has 0 atom stereocenters. The van der Waals surface area contributed by atoms with Crippen molar-refractivity contribution in [2.45, 2.75) is 33.1 Å². The molecule has 0 aliphatic rings. The number of alkyl halides is 1. The summed E-state index contributed by atoms with van der Waals surface area (Å²) in [6.45, 7) is 4.29. The minimum absolute atomic E-state index is 1.17. The first kappa shape index (κ1) is 12.7. The maximum atomic E-state index is 3.35. The molecule has 0 radical (unpaired) electrons. The quantitative estimate of drug-likeness (QED) is 0.539. The van der Waals surface area contributed by atoms with Crippen LogP contribution in [0.2, 0.25) is 0 Å². The van der Waals surface area contributed by atoms with E-state index in [0.717, 1.165) is 0 Å². The number of halogens is 1. The molecule has 0 saturated heterocycles. The van der Waals surface area contributed by atoms with Gasteiger partial charge in [0.1, 0.15) is 0 Å². The molecular weight excluding hydrogens is 224 g/mol. The molecule has 0 aliphatic carbocycles. The number of aryl methyl sites for hydroxylation is 1. The van der Waals surface area contributed by atoms with Crippen molar-refractivity contribution in [3.8, 4) is 0 Å². The first-order valence-electron chi connectivity index (χ1n) is 4.89. The monoisotopic (exact) mass is 242 g/mol. The average molecular weight is 243 g/mol. The molecule has 13 heavy (non-hydrogen) atoms. The topological polar surface area (TPSA) is 0 Å². The van der Waals surface area contributed by atoms with Gasteiger partial charge in [-0.3, -0.25) is 0 Å². The Morgan fingerprint density at radius 2 is 1.69 bits per heavy atom. The van der Waals surface area contributed by atoms with Crippen molar-refractivity contribution in [2.75, 3.05) is 5.33 Å². The van der Waals surface area contributed by atoms with Crippen LogP contribution in [-0.2, 0) is 0 Å². The van der Waals surface area contributed by atoms with E-state index in [1.807, 2.05) is 18.2 Å². The van der Waals surface area contributed by atoms with Gasteiger partial charge in [0, 0.05) is 5.33 Å². The Balaban J connectivity index is 0.000000226. The van der Waals surface area contributed by atoms with Crippen molar-refractivity contribution in [1.82, 2.24) is 0 Å². The van der Waals surface area contributed by atoms with Gasteiger partial charge in [-0.25, -0.2) is 0 Å². The Morgan fingerprint density at radius 1 is 1.08 bits per heavy atom. The van der Waals surface area contributed by atoms with Crippen LogP contribution in [0, 0.1) is 6.92 Å². The Morgan fingerprint density at radius 3 is 1.92 bits per heavy atom. The average Bonchev–Trinajstić information content (AvgIpc) is 2.17. The van der Waals surface area contributed by atoms with E-state index in [1.165, 1.54) is 30.2 Å². The zero-order chi connectivity index (χ0) is 9.94. The molecule has 0 heterocycles. The second-order valence-electron chi connectivity index (χ2n) is 3.05. The van der Waals surface area contributed by atoms with Crippen LogP contribution >= 0.6 is 15.9 Å². The summed E-state index contributed by atoms with van der Waals surface area (Å²) >= 11 is 3.35.